The number of fused-ring (bicyclic) bond motifs is 1. The van der Waals surface area contributed by atoms with E-state index in [9.17, 15) is 18.4 Å². The Bertz CT molecular complexity index is 1570. The lowest BCUT2D eigenvalue weighted by Gasteiger charge is -2.29. The number of benzene rings is 1. The third-order valence-electron chi connectivity index (χ3n) is 7.08. The van der Waals surface area contributed by atoms with Crippen LogP contribution in [-0.2, 0) is 0 Å². The van der Waals surface area contributed by atoms with Gasteiger partial charge in [0.15, 0.2) is 17.2 Å². The van der Waals surface area contributed by atoms with Crippen molar-refractivity contribution in [2.75, 3.05) is 16.0 Å². The van der Waals surface area contributed by atoms with E-state index < -0.39 is 23.6 Å². The molecule has 212 valence electrons. The highest BCUT2D eigenvalue weighted by Crippen LogP contribution is 2.30. The Labute approximate surface area is 233 Å². The van der Waals surface area contributed by atoms with Crippen LogP contribution in [0.1, 0.15) is 49.0 Å². The Morgan fingerprint density at radius 3 is 2.32 bits per heavy atom. The fourth-order valence-corrected chi connectivity index (χ4v) is 4.81. The summed E-state index contributed by atoms with van der Waals surface area (Å²) in [5, 5.41) is 17.0. The monoisotopic (exact) mass is 562 g/mol. The molecule has 0 aliphatic heterocycles. The molecular weight excluding hydrogens is 534 g/mol. The van der Waals surface area contributed by atoms with Crippen LogP contribution in [0.2, 0.25) is 0 Å². The third kappa shape index (κ3) is 6.34. The largest absolute Gasteiger partial charge is 0.412 e. The second-order valence-electron chi connectivity index (χ2n) is 10.2. The first kappa shape index (κ1) is 26.4. The third-order valence-corrected chi connectivity index (χ3v) is 7.08. The molecule has 0 atom stereocenters. The van der Waals surface area contributed by atoms with Gasteiger partial charge in [0.25, 0.3) is 5.91 Å². The average Bonchev–Trinajstić information content (AvgIpc) is 3.67. The van der Waals surface area contributed by atoms with Crippen LogP contribution >= 0.6 is 0 Å². The zero-order valence-corrected chi connectivity index (χ0v) is 21.9. The molecule has 0 radical (unpaired) electrons. The number of rotatable bonds is 8. The van der Waals surface area contributed by atoms with Crippen molar-refractivity contribution in [3.8, 4) is 5.75 Å². The first-order valence-corrected chi connectivity index (χ1v) is 13.5. The number of nitrogens with zero attached hydrogens (tertiary/aromatic N) is 4. The Kier molecular flexibility index (Phi) is 7.32. The van der Waals surface area contributed by atoms with Crippen molar-refractivity contribution in [3.05, 3.63) is 72.3 Å². The Hall–Kier alpha value is -4.81. The van der Waals surface area contributed by atoms with Crippen LogP contribution in [0.4, 0.5) is 30.8 Å². The van der Waals surface area contributed by atoms with Crippen LogP contribution in [0.15, 0.2) is 55.0 Å². The zero-order chi connectivity index (χ0) is 28.3. The topological polar surface area (TPSA) is 135 Å². The van der Waals surface area contributed by atoms with Crippen LogP contribution in [-0.4, -0.2) is 49.7 Å². The predicted octanol–water partition coefficient (Wildman–Crippen LogP) is 4.74. The van der Waals surface area contributed by atoms with Crippen molar-refractivity contribution in [2.24, 2.45) is 0 Å². The van der Waals surface area contributed by atoms with Crippen molar-refractivity contribution >= 4 is 34.8 Å². The van der Waals surface area contributed by atoms with E-state index in [0.717, 1.165) is 50.4 Å². The summed E-state index contributed by atoms with van der Waals surface area (Å²) in [5.74, 6) is -0.760. The number of nitrogens with one attached hydrogen (secondary N) is 4. The lowest BCUT2D eigenvalue weighted by molar-refractivity contribution is 0.102. The molecule has 2 aliphatic carbocycles. The van der Waals surface area contributed by atoms with Gasteiger partial charge in [0.2, 0.25) is 0 Å². The fraction of sp³-hybridized carbons (Fsp3) is 0.321. The first-order chi connectivity index (χ1) is 19.9. The van der Waals surface area contributed by atoms with Crippen LogP contribution in [0.5, 0.6) is 5.75 Å². The minimum atomic E-state index is -0.644. The van der Waals surface area contributed by atoms with E-state index in [0.29, 0.717) is 17.5 Å². The molecule has 0 bridgehead atoms. The number of imidazole rings is 1. The average molecular weight is 563 g/mol. The second-order valence-corrected chi connectivity index (χ2v) is 10.2. The molecule has 2 amide bonds. The molecule has 0 spiro atoms. The van der Waals surface area contributed by atoms with E-state index in [-0.39, 0.29) is 29.2 Å². The van der Waals surface area contributed by atoms with Crippen molar-refractivity contribution in [1.82, 2.24) is 24.9 Å². The number of aromatic nitrogens is 4. The second kappa shape index (κ2) is 11.4. The number of pyridine rings is 1. The number of hydrogen-bond donors (Lipinski definition) is 4. The lowest BCUT2D eigenvalue weighted by atomic mass is 9.91. The van der Waals surface area contributed by atoms with E-state index in [4.69, 9.17) is 4.74 Å². The van der Waals surface area contributed by atoms with Crippen molar-refractivity contribution in [2.45, 2.75) is 56.7 Å². The first-order valence-electron chi connectivity index (χ1n) is 13.5. The van der Waals surface area contributed by atoms with Gasteiger partial charge in [0.05, 0.1) is 23.8 Å². The van der Waals surface area contributed by atoms with Crippen LogP contribution in [0.25, 0.3) is 5.65 Å². The van der Waals surface area contributed by atoms with Gasteiger partial charge in [-0.25, -0.2) is 23.1 Å². The van der Waals surface area contributed by atoms with Gasteiger partial charge in [0.1, 0.15) is 17.4 Å². The summed E-state index contributed by atoms with van der Waals surface area (Å²) in [6.45, 7) is 0. The number of carbonyl (C=O) groups excluding carboxylic acids is 2. The van der Waals surface area contributed by atoms with Gasteiger partial charge in [-0.3, -0.25) is 9.78 Å². The molecule has 2 saturated carbocycles. The minimum Gasteiger partial charge on any atom is -0.410 e. The number of anilines is 3. The Balaban J connectivity index is 1.12. The smallest absolute Gasteiger partial charge is 0.410 e. The van der Waals surface area contributed by atoms with Gasteiger partial charge in [-0.05, 0) is 68.9 Å². The standard InChI is InChI=1S/C28H28F2N8O3/c29-16-1-9-20(10-2-16)41-28(40)35-19-7-5-18(6-8-19)34-25-13-23(33-17-3-4-17)26-32-15-24(38(26)37-25)27(39)36-22-11-12-31-14-21(22)30/h1-2,9-15,17-19,33H,3-8H2,(H,34,37)(H,35,40)(H,31,36,39). The van der Waals surface area contributed by atoms with Crippen molar-refractivity contribution in [3.63, 3.8) is 0 Å². The van der Waals surface area contributed by atoms with Crippen molar-refractivity contribution < 1.29 is 23.1 Å². The maximum absolute atomic E-state index is 14.1. The Morgan fingerprint density at radius 1 is 0.878 bits per heavy atom. The molecule has 3 heterocycles. The number of carbonyl (C=O) groups is 2. The summed E-state index contributed by atoms with van der Waals surface area (Å²) in [4.78, 5) is 33.4. The predicted molar refractivity (Wildman–Crippen MR) is 147 cm³/mol. The minimum absolute atomic E-state index is 0.0116. The summed E-state index contributed by atoms with van der Waals surface area (Å²) in [5.41, 5.74) is 1.41. The molecule has 6 rings (SSSR count). The highest BCUT2D eigenvalue weighted by molar-refractivity contribution is 6.03. The number of halogens is 2. The van der Waals surface area contributed by atoms with E-state index in [2.05, 4.69) is 36.3 Å². The van der Waals surface area contributed by atoms with E-state index in [1.54, 1.807) is 0 Å². The quantitative estimate of drug-likeness (QED) is 0.242. The fourth-order valence-electron chi connectivity index (χ4n) is 4.81. The van der Waals surface area contributed by atoms with Gasteiger partial charge < -0.3 is 26.0 Å². The van der Waals surface area contributed by atoms with Crippen LogP contribution in [0.3, 0.4) is 0 Å². The summed E-state index contributed by atoms with van der Waals surface area (Å²) in [7, 11) is 0. The van der Waals surface area contributed by atoms with E-state index >= 15 is 0 Å². The van der Waals surface area contributed by atoms with Gasteiger partial charge in [0, 0.05) is 30.4 Å². The summed E-state index contributed by atoms with van der Waals surface area (Å²) in [6.07, 6.45) is 8.35. The molecule has 3 aromatic heterocycles. The molecule has 4 aromatic rings. The van der Waals surface area contributed by atoms with E-state index in [1.807, 2.05) is 6.07 Å². The maximum Gasteiger partial charge on any atom is 0.412 e. The molecule has 13 heteroatoms. The molecule has 1 aromatic carbocycles. The number of ether oxygens (including phenoxy) is 1. The van der Waals surface area contributed by atoms with Crippen LogP contribution in [0, 0.1) is 11.6 Å². The highest BCUT2D eigenvalue weighted by Gasteiger charge is 2.26. The molecule has 4 N–H and O–H groups in total. The molecule has 11 nitrogen and oxygen atoms in total. The zero-order valence-electron chi connectivity index (χ0n) is 21.9. The highest BCUT2D eigenvalue weighted by atomic mass is 19.1. The summed E-state index contributed by atoms with van der Waals surface area (Å²) in [6, 6.07) is 8.90. The van der Waals surface area contributed by atoms with Gasteiger partial charge in [-0.1, -0.05) is 0 Å². The Morgan fingerprint density at radius 2 is 1.59 bits per heavy atom. The summed E-state index contributed by atoms with van der Waals surface area (Å²) < 4.78 is 33.8. The van der Waals surface area contributed by atoms with Crippen LogP contribution < -0.4 is 26.0 Å². The SMILES string of the molecule is O=C(NC1CCC(Nc2cc(NC3CC3)c3ncc(C(=O)Nc4ccncc4F)n3n2)CC1)Oc1ccc(F)cc1. The lowest BCUT2D eigenvalue weighted by Crippen LogP contribution is -2.41. The number of hydrogen-bond acceptors (Lipinski definition) is 8. The molecule has 0 saturated heterocycles. The molecule has 41 heavy (non-hydrogen) atoms. The van der Waals surface area contributed by atoms with Crippen molar-refractivity contribution in [1.29, 1.82) is 0 Å². The maximum atomic E-state index is 14.1. The van der Waals surface area contributed by atoms with E-state index in [1.165, 1.54) is 47.2 Å². The number of amides is 2. The molecule has 2 aliphatic rings. The van der Waals surface area contributed by atoms with Gasteiger partial charge >= 0.3 is 6.09 Å². The molecule has 2 fully saturated rings. The summed E-state index contributed by atoms with van der Waals surface area (Å²) >= 11 is 0. The van der Waals surface area contributed by atoms with Gasteiger partial charge in [-0.2, -0.15) is 0 Å². The molecule has 0 unspecified atom stereocenters. The molecular formula is C28H28F2N8O3. The van der Waals surface area contributed by atoms with Gasteiger partial charge in [-0.15, -0.1) is 5.10 Å². The normalized spacial score (nSPS) is 18.5.